The molecular weight excluding hydrogens is 252 g/mol. The largest absolute Gasteiger partial charge is 0.481 e. The van der Waals surface area contributed by atoms with Crippen molar-refractivity contribution in [3.8, 4) is 0 Å². The summed E-state index contributed by atoms with van der Waals surface area (Å²) >= 11 is 0. The standard InChI is InChI=1S/C12H20N2O5/c15-10(4-1-5-11(16)17)14-12(18)13-7-6-9-3-2-8-19-9/h9H,1-8H2,(H,16,17)(H2,13,14,15,18). The van der Waals surface area contributed by atoms with Crippen molar-refractivity contribution in [1.29, 1.82) is 0 Å². The Bertz CT molecular complexity index is 326. The van der Waals surface area contributed by atoms with Crippen molar-refractivity contribution in [3.05, 3.63) is 0 Å². The first kappa shape index (κ1) is 15.4. The molecule has 1 aliphatic rings. The first-order chi connectivity index (χ1) is 9.08. The van der Waals surface area contributed by atoms with Crippen molar-refractivity contribution in [3.63, 3.8) is 0 Å². The lowest BCUT2D eigenvalue weighted by atomic mass is 10.2. The van der Waals surface area contributed by atoms with Crippen LogP contribution in [0.1, 0.15) is 38.5 Å². The number of hydrogen-bond acceptors (Lipinski definition) is 4. The highest BCUT2D eigenvalue weighted by molar-refractivity contribution is 5.94. The Labute approximate surface area is 111 Å². The van der Waals surface area contributed by atoms with Gasteiger partial charge in [0.15, 0.2) is 0 Å². The van der Waals surface area contributed by atoms with Crippen LogP contribution >= 0.6 is 0 Å². The van der Waals surface area contributed by atoms with Crippen LogP contribution in [0.3, 0.4) is 0 Å². The third-order valence-electron chi connectivity index (χ3n) is 2.82. The fourth-order valence-electron chi connectivity index (χ4n) is 1.85. The Hall–Kier alpha value is -1.63. The molecule has 1 atom stereocenters. The van der Waals surface area contributed by atoms with Crippen LogP contribution in [0.25, 0.3) is 0 Å². The van der Waals surface area contributed by atoms with Crippen molar-refractivity contribution >= 4 is 17.9 Å². The van der Waals surface area contributed by atoms with Gasteiger partial charge in [-0.2, -0.15) is 0 Å². The molecule has 0 bridgehead atoms. The van der Waals surface area contributed by atoms with Crippen LogP contribution in [0.15, 0.2) is 0 Å². The highest BCUT2D eigenvalue weighted by Crippen LogP contribution is 2.14. The zero-order chi connectivity index (χ0) is 14.1. The summed E-state index contributed by atoms with van der Waals surface area (Å²) in [6, 6.07) is -0.543. The van der Waals surface area contributed by atoms with Gasteiger partial charge >= 0.3 is 12.0 Å². The third kappa shape index (κ3) is 7.40. The van der Waals surface area contributed by atoms with Gasteiger partial charge in [0, 0.05) is 26.0 Å². The first-order valence-corrected chi connectivity index (χ1v) is 6.49. The number of aliphatic carboxylic acids is 1. The minimum Gasteiger partial charge on any atom is -0.481 e. The number of hydrogen-bond donors (Lipinski definition) is 3. The molecule has 3 amide bonds. The van der Waals surface area contributed by atoms with Crippen molar-refractivity contribution in [2.45, 2.75) is 44.6 Å². The maximum atomic E-state index is 11.3. The smallest absolute Gasteiger partial charge is 0.321 e. The molecule has 108 valence electrons. The first-order valence-electron chi connectivity index (χ1n) is 6.49. The second-order valence-electron chi connectivity index (χ2n) is 4.48. The van der Waals surface area contributed by atoms with E-state index >= 15 is 0 Å². The Morgan fingerprint density at radius 2 is 2.05 bits per heavy atom. The normalized spacial score (nSPS) is 18.0. The quantitative estimate of drug-likeness (QED) is 0.630. The third-order valence-corrected chi connectivity index (χ3v) is 2.82. The van der Waals surface area contributed by atoms with Gasteiger partial charge in [0.05, 0.1) is 6.10 Å². The highest BCUT2D eigenvalue weighted by atomic mass is 16.5. The molecule has 1 fully saturated rings. The Balaban J connectivity index is 2.02. The number of carboxylic acid groups (broad SMARTS) is 1. The molecule has 1 aliphatic heterocycles. The van der Waals surface area contributed by atoms with Crippen LogP contribution in [0.5, 0.6) is 0 Å². The number of carbonyl (C=O) groups is 3. The lowest BCUT2D eigenvalue weighted by molar-refractivity contribution is -0.137. The summed E-state index contributed by atoms with van der Waals surface area (Å²) in [5.41, 5.74) is 0. The predicted octanol–water partition coefficient (Wildman–Crippen LogP) is 0.636. The highest BCUT2D eigenvalue weighted by Gasteiger charge is 2.15. The van der Waals surface area contributed by atoms with E-state index in [4.69, 9.17) is 9.84 Å². The molecule has 0 saturated carbocycles. The number of nitrogens with one attached hydrogen (secondary N) is 2. The molecule has 7 nitrogen and oxygen atoms in total. The van der Waals surface area contributed by atoms with E-state index in [-0.39, 0.29) is 25.4 Å². The number of carboxylic acids is 1. The minimum absolute atomic E-state index is 0.0332. The molecular formula is C12H20N2O5. The van der Waals surface area contributed by atoms with Crippen molar-refractivity contribution in [2.24, 2.45) is 0 Å². The van der Waals surface area contributed by atoms with E-state index in [0.717, 1.165) is 25.9 Å². The van der Waals surface area contributed by atoms with E-state index in [1.54, 1.807) is 0 Å². The minimum atomic E-state index is -0.950. The molecule has 0 radical (unpaired) electrons. The van der Waals surface area contributed by atoms with Gasteiger partial charge in [0.2, 0.25) is 5.91 Å². The molecule has 0 aromatic rings. The number of urea groups is 1. The second kappa shape index (κ2) is 8.47. The van der Waals surface area contributed by atoms with Gasteiger partial charge in [-0.05, 0) is 25.7 Å². The number of rotatable bonds is 7. The summed E-state index contributed by atoms with van der Waals surface area (Å²) in [7, 11) is 0. The van der Waals surface area contributed by atoms with E-state index < -0.39 is 17.9 Å². The average Bonchev–Trinajstić information content (AvgIpc) is 2.81. The summed E-state index contributed by atoms with van der Waals surface area (Å²) in [6.07, 6.45) is 3.19. The van der Waals surface area contributed by atoms with Gasteiger partial charge in [-0.1, -0.05) is 0 Å². The number of imide groups is 1. The van der Waals surface area contributed by atoms with Crippen molar-refractivity contribution < 1.29 is 24.2 Å². The van der Waals surface area contributed by atoms with E-state index in [2.05, 4.69) is 10.6 Å². The van der Waals surface area contributed by atoms with Crippen LogP contribution in [0, 0.1) is 0 Å². The molecule has 1 heterocycles. The summed E-state index contributed by atoms with van der Waals surface area (Å²) in [5, 5.41) is 13.1. The lowest BCUT2D eigenvalue weighted by Crippen LogP contribution is -2.40. The lowest BCUT2D eigenvalue weighted by Gasteiger charge is -2.10. The van der Waals surface area contributed by atoms with E-state index in [1.807, 2.05) is 0 Å². The van der Waals surface area contributed by atoms with Crippen LogP contribution in [-0.2, 0) is 14.3 Å². The van der Waals surface area contributed by atoms with Crippen LogP contribution in [-0.4, -0.2) is 42.3 Å². The van der Waals surface area contributed by atoms with Gasteiger partial charge in [0.1, 0.15) is 0 Å². The molecule has 3 N–H and O–H groups in total. The van der Waals surface area contributed by atoms with Gasteiger partial charge in [0.25, 0.3) is 0 Å². The molecule has 0 aromatic carbocycles. The Kier molecular flexibility index (Phi) is 6.88. The van der Waals surface area contributed by atoms with Gasteiger partial charge in [-0.3, -0.25) is 14.9 Å². The number of ether oxygens (including phenoxy) is 1. The number of carbonyl (C=O) groups excluding carboxylic acids is 2. The monoisotopic (exact) mass is 272 g/mol. The van der Waals surface area contributed by atoms with Crippen LogP contribution in [0.2, 0.25) is 0 Å². The maximum Gasteiger partial charge on any atom is 0.321 e. The van der Waals surface area contributed by atoms with Crippen LogP contribution in [0.4, 0.5) is 4.79 Å². The zero-order valence-corrected chi connectivity index (χ0v) is 10.8. The fraction of sp³-hybridized carbons (Fsp3) is 0.750. The van der Waals surface area contributed by atoms with E-state index in [0.29, 0.717) is 6.54 Å². The summed E-state index contributed by atoms with van der Waals surface area (Å²) in [5.74, 6) is -1.41. The fourth-order valence-corrected chi connectivity index (χ4v) is 1.85. The molecule has 0 aliphatic carbocycles. The SMILES string of the molecule is O=C(O)CCCC(=O)NC(=O)NCCC1CCCO1. The van der Waals surface area contributed by atoms with Gasteiger partial charge in [-0.25, -0.2) is 4.79 Å². The van der Waals surface area contributed by atoms with Gasteiger partial charge in [-0.15, -0.1) is 0 Å². The Morgan fingerprint density at radius 3 is 2.68 bits per heavy atom. The van der Waals surface area contributed by atoms with Crippen molar-refractivity contribution in [1.82, 2.24) is 10.6 Å². The summed E-state index contributed by atoms with van der Waals surface area (Å²) in [4.78, 5) is 32.8. The van der Waals surface area contributed by atoms with Gasteiger partial charge < -0.3 is 15.2 Å². The topological polar surface area (TPSA) is 105 Å². The molecule has 0 aromatic heterocycles. The zero-order valence-electron chi connectivity index (χ0n) is 10.8. The van der Waals surface area contributed by atoms with Crippen LogP contribution < -0.4 is 10.6 Å². The molecule has 19 heavy (non-hydrogen) atoms. The Morgan fingerprint density at radius 1 is 1.26 bits per heavy atom. The molecule has 0 spiro atoms. The number of amides is 3. The molecule has 1 unspecified atom stereocenters. The van der Waals surface area contributed by atoms with E-state index in [9.17, 15) is 14.4 Å². The second-order valence-corrected chi connectivity index (χ2v) is 4.48. The predicted molar refractivity (Wildman–Crippen MR) is 66.6 cm³/mol. The molecule has 7 heteroatoms. The average molecular weight is 272 g/mol. The van der Waals surface area contributed by atoms with E-state index in [1.165, 1.54) is 0 Å². The summed E-state index contributed by atoms with van der Waals surface area (Å²) < 4.78 is 5.40. The summed E-state index contributed by atoms with van der Waals surface area (Å²) in [6.45, 7) is 1.23. The molecule has 1 saturated heterocycles. The van der Waals surface area contributed by atoms with Crippen molar-refractivity contribution in [2.75, 3.05) is 13.2 Å². The maximum absolute atomic E-state index is 11.3. The molecule has 1 rings (SSSR count).